The summed E-state index contributed by atoms with van der Waals surface area (Å²) in [5.41, 5.74) is 0. The Hall–Kier alpha value is -0.120. The van der Waals surface area contributed by atoms with Gasteiger partial charge in [-0.3, -0.25) is 0 Å². The highest BCUT2D eigenvalue weighted by Gasteiger charge is 2.09. The van der Waals surface area contributed by atoms with Crippen LogP contribution in [0.2, 0.25) is 10.0 Å². The minimum atomic E-state index is 0.395. The maximum atomic E-state index is 6.01. The lowest BCUT2D eigenvalue weighted by Crippen LogP contribution is -2.21. The number of pyridine rings is 1. The van der Waals surface area contributed by atoms with Crippen LogP contribution in [0.15, 0.2) is 12.3 Å². The molecule has 15 heavy (non-hydrogen) atoms. The van der Waals surface area contributed by atoms with Crippen molar-refractivity contribution in [2.75, 3.05) is 17.3 Å². The molecule has 1 N–H and O–H groups in total. The molecule has 0 fully saturated rings. The zero-order valence-corrected chi connectivity index (χ0v) is 11.1. The molecule has 5 heteroatoms. The van der Waals surface area contributed by atoms with Crippen LogP contribution in [0.1, 0.15) is 13.3 Å². The van der Waals surface area contributed by atoms with Crippen LogP contribution in [-0.4, -0.2) is 23.0 Å². The molecule has 0 aromatic carbocycles. The minimum absolute atomic E-state index is 0.395. The van der Waals surface area contributed by atoms with E-state index in [0.717, 1.165) is 12.2 Å². The van der Waals surface area contributed by atoms with Crippen molar-refractivity contribution in [3.05, 3.63) is 22.3 Å². The number of thioether (sulfide) groups is 1. The number of rotatable bonds is 5. The van der Waals surface area contributed by atoms with E-state index in [4.69, 9.17) is 23.2 Å². The van der Waals surface area contributed by atoms with Crippen molar-refractivity contribution in [3.63, 3.8) is 0 Å². The molecule has 0 aliphatic heterocycles. The second kappa shape index (κ2) is 6.46. The number of halogens is 2. The number of nitrogens with zero attached hydrogens (tertiary/aromatic N) is 1. The first-order valence-corrected chi connectivity index (χ1v) is 6.88. The molecule has 0 radical (unpaired) electrons. The Balaban J connectivity index is 2.70. The van der Waals surface area contributed by atoms with E-state index in [1.165, 1.54) is 0 Å². The molecule has 0 bridgehead atoms. The summed E-state index contributed by atoms with van der Waals surface area (Å²) in [5, 5.41) is 4.43. The minimum Gasteiger partial charge on any atom is -0.365 e. The SMILES string of the molecule is CCC(CSC)Nc1ncc(Cl)cc1Cl. The quantitative estimate of drug-likeness (QED) is 0.872. The summed E-state index contributed by atoms with van der Waals surface area (Å²) in [4.78, 5) is 4.16. The van der Waals surface area contributed by atoms with Crippen molar-refractivity contribution in [2.24, 2.45) is 0 Å². The molecule has 0 aliphatic carbocycles. The van der Waals surface area contributed by atoms with Crippen molar-refractivity contribution in [2.45, 2.75) is 19.4 Å². The summed E-state index contributed by atoms with van der Waals surface area (Å²) in [7, 11) is 0. The van der Waals surface area contributed by atoms with Crippen molar-refractivity contribution >= 4 is 40.8 Å². The van der Waals surface area contributed by atoms with Gasteiger partial charge in [-0.2, -0.15) is 11.8 Å². The van der Waals surface area contributed by atoms with E-state index in [1.54, 1.807) is 24.0 Å². The standard InChI is InChI=1S/C10H14Cl2N2S/c1-3-8(6-15-2)14-10-9(12)4-7(11)5-13-10/h4-5,8H,3,6H2,1-2H3,(H,13,14). The Bertz CT molecular complexity index is 320. The second-order valence-corrected chi connectivity index (χ2v) is 4.94. The van der Waals surface area contributed by atoms with Crippen LogP contribution < -0.4 is 5.32 Å². The van der Waals surface area contributed by atoms with Crippen LogP contribution in [0.4, 0.5) is 5.82 Å². The highest BCUT2D eigenvalue weighted by molar-refractivity contribution is 7.98. The van der Waals surface area contributed by atoms with Crippen molar-refractivity contribution in [1.29, 1.82) is 0 Å². The average molecular weight is 265 g/mol. The highest BCUT2D eigenvalue weighted by atomic mass is 35.5. The summed E-state index contributed by atoms with van der Waals surface area (Å²) in [5.74, 6) is 1.75. The molecular formula is C10H14Cl2N2S. The normalized spacial score (nSPS) is 12.5. The monoisotopic (exact) mass is 264 g/mol. The lowest BCUT2D eigenvalue weighted by Gasteiger charge is -2.17. The molecule has 1 atom stereocenters. The number of aromatic nitrogens is 1. The van der Waals surface area contributed by atoms with Gasteiger partial charge in [0.05, 0.1) is 10.0 Å². The lowest BCUT2D eigenvalue weighted by atomic mass is 10.2. The molecule has 1 heterocycles. The summed E-state index contributed by atoms with van der Waals surface area (Å²) in [6.07, 6.45) is 4.73. The van der Waals surface area contributed by atoms with Crippen LogP contribution in [-0.2, 0) is 0 Å². The maximum absolute atomic E-state index is 6.01. The third kappa shape index (κ3) is 4.09. The Morgan fingerprint density at radius 1 is 1.53 bits per heavy atom. The third-order valence-electron chi connectivity index (χ3n) is 2.01. The fourth-order valence-electron chi connectivity index (χ4n) is 1.18. The largest absolute Gasteiger partial charge is 0.365 e. The third-order valence-corrected chi connectivity index (χ3v) is 3.24. The molecule has 84 valence electrons. The summed E-state index contributed by atoms with van der Waals surface area (Å²) in [6.45, 7) is 2.14. The fourth-order valence-corrected chi connectivity index (χ4v) is 2.33. The van der Waals surface area contributed by atoms with Crippen LogP contribution in [0.3, 0.4) is 0 Å². The summed E-state index contributed by atoms with van der Waals surface area (Å²) in [6, 6.07) is 2.09. The predicted octanol–water partition coefficient (Wildman–Crippen LogP) is 3.94. The molecule has 0 spiro atoms. The second-order valence-electron chi connectivity index (χ2n) is 3.19. The molecule has 1 rings (SSSR count). The van der Waals surface area contributed by atoms with E-state index < -0.39 is 0 Å². The van der Waals surface area contributed by atoms with Crippen molar-refractivity contribution in [3.8, 4) is 0 Å². The van der Waals surface area contributed by atoms with E-state index >= 15 is 0 Å². The van der Waals surface area contributed by atoms with Gasteiger partial charge in [0, 0.05) is 18.0 Å². The van der Waals surface area contributed by atoms with Gasteiger partial charge in [0.2, 0.25) is 0 Å². The molecule has 1 aromatic rings. The number of hydrogen-bond donors (Lipinski definition) is 1. The summed E-state index contributed by atoms with van der Waals surface area (Å²) < 4.78 is 0. The van der Waals surface area contributed by atoms with Gasteiger partial charge < -0.3 is 5.32 Å². The molecule has 0 saturated carbocycles. The molecule has 0 saturated heterocycles. The predicted molar refractivity (Wildman–Crippen MR) is 70.3 cm³/mol. The van der Waals surface area contributed by atoms with Crippen LogP contribution in [0.5, 0.6) is 0 Å². The first kappa shape index (κ1) is 12.9. The number of nitrogens with one attached hydrogen (secondary N) is 1. The van der Waals surface area contributed by atoms with E-state index in [2.05, 4.69) is 23.5 Å². The average Bonchev–Trinajstić information content (AvgIpc) is 2.21. The molecule has 0 amide bonds. The summed E-state index contributed by atoms with van der Waals surface area (Å²) >= 11 is 13.6. The van der Waals surface area contributed by atoms with Crippen molar-refractivity contribution in [1.82, 2.24) is 4.98 Å². The Labute approximate surface area is 105 Å². The van der Waals surface area contributed by atoms with Gasteiger partial charge in [0.15, 0.2) is 0 Å². The zero-order valence-electron chi connectivity index (χ0n) is 8.76. The number of anilines is 1. The first-order valence-electron chi connectivity index (χ1n) is 4.73. The van der Waals surface area contributed by atoms with Gasteiger partial charge >= 0.3 is 0 Å². The lowest BCUT2D eigenvalue weighted by molar-refractivity contribution is 0.770. The molecule has 1 unspecified atom stereocenters. The van der Waals surface area contributed by atoms with Crippen LogP contribution in [0, 0.1) is 0 Å². The van der Waals surface area contributed by atoms with Crippen molar-refractivity contribution < 1.29 is 0 Å². The fraction of sp³-hybridized carbons (Fsp3) is 0.500. The van der Waals surface area contributed by atoms with Crippen LogP contribution >= 0.6 is 35.0 Å². The topological polar surface area (TPSA) is 24.9 Å². The number of hydrogen-bond acceptors (Lipinski definition) is 3. The Morgan fingerprint density at radius 3 is 2.80 bits per heavy atom. The van der Waals surface area contributed by atoms with Gasteiger partial charge in [0.25, 0.3) is 0 Å². The van der Waals surface area contributed by atoms with Crippen LogP contribution in [0.25, 0.3) is 0 Å². The van der Waals surface area contributed by atoms with Gasteiger partial charge in [-0.15, -0.1) is 0 Å². The Morgan fingerprint density at radius 2 is 2.27 bits per heavy atom. The zero-order chi connectivity index (χ0) is 11.3. The van der Waals surface area contributed by atoms with Gasteiger partial charge in [-0.05, 0) is 18.7 Å². The molecule has 2 nitrogen and oxygen atoms in total. The van der Waals surface area contributed by atoms with Gasteiger partial charge in [-0.25, -0.2) is 4.98 Å². The van der Waals surface area contributed by atoms with E-state index in [1.807, 2.05) is 0 Å². The first-order chi connectivity index (χ1) is 7.17. The molecule has 1 aromatic heterocycles. The van der Waals surface area contributed by atoms with E-state index in [-0.39, 0.29) is 0 Å². The van der Waals surface area contributed by atoms with E-state index in [9.17, 15) is 0 Å². The maximum Gasteiger partial charge on any atom is 0.145 e. The van der Waals surface area contributed by atoms with E-state index in [0.29, 0.717) is 21.9 Å². The Kier molecular flexibility index (Phi) is 5.58. The van der Waals surface area contributed by atoms with Gasteiger partial charge in [-0.1, -0.05) is 30.1 Å². The highest BCUT2D eigenvalue weighted by Crippen LogP contribution is 2.23. The molecular weight excluding hydrogens is 251 g/mol. The smallest absolute Gasteiger partial charge is 0.145 e. The molecule has 0 aliphatic rings. The van der Waals surface area contributed by atoms with Gasteiger partial charge in [0.1, 0.15) is 5.82 Å².